The molecule has 0 unspecified atom stereocenters. The molecule has 134 valence electrons. The van der Waals surface area contributed by atoms with Crippen molar-refractivity contribution in [3.8, 4) is 0 Å². The molecular formula is C17H20N2O4S2. The van der Waals surface area contributed by atoms with E-state index in [9.17, 15) is 18.0 Å². The monoisotopic (exact) mass is 380 g/mol. The molecule has 1 aromatic heterocycles. The number of hydrogen-bond acceptors (Lipinski definition) is 5. The Morgan fingerprint density at radius 3 is 2.40 bits per heavy atom. The molecule has 6 nitrogen and oxygen atoms in total. The fraction of sp³-hybridized carbons (Fsp3) is 0.294. The van der Waals surface area contributed by atoms with Crippen LogP contribution in [-0.2, 0) is 21.1 Å². The van der Waals surface area contributed by atoms with Gasteiger partial charge >= 0.3 is 0 Å². The van der Waals surface area contributed by atoms with Crippen molar-refractivity contribution in [2.75, 3.05) is 5.75 Å². The van der Waals surface area contributed by atoms with Crippen LogP contribution in [0.3, 0.4) is 0 Å². The highest BCUT2D eigenvalue weighted by atomic mass is 32.2. The number of benzene rings is 1. The number of carbonyl (C=O) groups is 2. The second-order valence-electron chi connectivity index (χ2n) is 5.45. The molecule has 0 aliphatic heterocycles. The molecule has 2 rings (SSSR count). The standard InChI is InChI=1S/C17H20N2O4S2/c1-3-14-12(2)11-15(24-14)17(21)19-18-16(20)9-10-25(22,23)13-7-5-4-6-8-13/h4-8,11H,3,9-10H2,1-2H3,(H,18,20)(H,19,21). The SMILES string of the molecule is CCc1sc(C(=O)NNC(=O)CCS(=O)(=O)c2ccccc2)cc1C. The van der Waals surface area contributed by atoms with Crippen LogP contribution in [0, 0.1) is 6.92 Å². The summed E-state index contributed by atoms with van der Waals surface area (Å²) in [6.07, 6.45) is 0.606. The molecule has 0 saturated carbocycles. The predicted molar refractivity (Wildman–Crippen MR) is 97.2 cm³/mol. The van der Waals surface area contributed by atoms with E-state index >= 15 is 0 Å². The first-order chi connectivity index (χ1) is 11.8. The number of rotatable bonds is 6. The van der Waals surface area contributed by atoms with Crippen LogP contribution in [-0.4, -0.2) is 26.0 Å². The van der Waals surface area contributed by atoms with Gasteiger partial charge in [-0.1, -0.05) is 25.1 Å². The Morgan fingerprint density at radius 1 is 1.12 bits per heavy atom. The van der Waals surface area contributed by atoms with E-state index in [1.165, 1.54) is 23.5 Å². The summed E-state index contributed by atoms with van der Waals surface area (Å²) >= 11 is 1.37. The van der Waals surface area contributed by atoms with Crippen LogP contribution in [0.4, 0.5) is 0 Å². The molecule has 2 amide bonds. The third-order valence-corrected chi connectivity index (χ3v) is 6.69. The Balaban J connectivity index is 1.85. The average molecular weight is 380 g/mol. The van der Waals surface area contributed by atoms with Crippen molar-refractivity contribution in [2.45, 2.75) is 31.6 Å². The van der Waals surface area contributed by atoms with Crippen LogP contribution in [0.25, 0.3) is 0 Å². The third kappa shape index (κ3) is 5.14. The first-order valence-electron chi connectivity index (χ1n) is 7.79. The molecule has 1 heterocycles. The number of carbonyl (C=O) groups excluding carboxylic acids is 2. The van der Waals surface area contributed by atoms with E-state index in [0.29, 0.717) is 4.88 Å². The van der Waals surface area contributed by atoms with Crippen molar-refractivity contribution in [1.29, 1.82) is 0 Å². The molecule has 0 aliphatic rings. The van der Waals surface area contributed by atoms with Gasteiger partial charge in [-0.25, -0.2) is 8.42 Å². The second-order valence-corrected chi connectivity index (χ2v) is 8.70. The summed E-state index contributed by atoms with van der Waals surface area (Å²) < 4.78 is 24.2. The van der Waals surface area contributed by atoms with Crippen molar-refractivity contribution in [1.82, 2.24) is 10.9 Å². The molecular weight excluding hydrogens is 360 g/mol. The molecule has 2 aromatic rings. The smallest absolute Gasteiger partial charge is 0.273 e. The summed E-state index contributed by atoms with van der Waals surface area (Å²) in [5, 5.41) is 0. The molecule has 0 saturated heterocycles. The molecule has 0 fully saturated rings. The van der Waals surface area contributed by atoms with Crippen LogP contribution < -0.4 is 10.9 Å². The number of hydrazine groups is 1. The lowest BCUT2D eigenvalue weighted by Crippen LogP contribution is -2.41. The molecule has 8 heteroatoms. The molecule has 0 radical (unpaired) electrons. The summed E-state index contributed by atoms with van der Waals surface area (Å²) in [5.41, 5.74) is 5.61. The highest BCUT2D eigenvalue weighted by Gasteiger charge is 2.17. The van der Waals surface area contributed by atoms with Gasteiger partial charge in [0.05, 0.1) is 15.5 Å². The fourth-order valence-corrected chi connectivity index (χ4v) is 4.48. The lowest BCUT2D eigenvalue weighted by atomic mass is 10.2. The van der Waals surface area contributed by atoms with Crippen molar-refractivity contribution in [3.63, 3.8) is 0 Å². The van der Waals surface area contributed by atoms with E-state index in [-0.39, 0.29) is 17.1 Å². The van der Waals surface area contributed by atoms with Gasteiger partial charge in [-0.3, -0.25) is 20.4 Å². The van der Waals surface area contributed by atoms with E-state index in [4.69, 9.17) is 0 Å². The number of thiophene rings is 1. The molecule has 0 aliphatic carbocycles. The number of hydrogen-bond donors (Lipinski definition) is 2. The highest BCUT2D eigenvalue weighted by Crippen LogP contribution is 2.22. The van der Waals surface area contributed by atoms with Gasteiger partial charge in [-0.2, -0.15) is 0 Å². The zero-order valence-electron chi connectivity index (χ0n) is 14.0. The Hall–Kier alpha value is -2.19. The fourth-order valence-electron chi connectivity index (χ4n) is 2.21. The maximum atomic E-state index is 12.1. The first-order valence-corrected chi connectivity index (χ1v) is 10.3. The van der Waals surface area contributed by atoms with Gasteiger partial charge in [0.1, 0.15) is 0 Å². The summed E-state index contributed by atoms with van der Waals surface area (Å²) in [7, 11) is -3.52. The van der Waals surface area contributed by atoms with E-state index in [2.05, 4.69) is 10.9 Å². The zero-order chi connectivity index (χ0) is 18.4. The van der Waals surface area contributed by atoms with Crippen molar-refractivity contribution < 1.29 is 18.0 Å². The topological polar surface area (TPSA) is 92.3 Å². The largest absolute Gasteiger partial charge is 0.279 e. The lowest BCUT2D eigenvalue weighted by molar-refractivity contribution is -0.121. The number of sulfone groups is 1. The average Bonchev–Trinajstić information content (AvgIpc) is 2.99. The Bertz CT molecular complexity index is 858. The second kappa shape index (κ2) is 8.26. The van der Waals surface area contributed by atoms with Gasteiger partial charge in [0, 0.05) is 11.3 Å². The maximum absolute atomic E-state index is 12.1. The summed E-state index contributed by atoms with van der Waals surface area (Å²) in [6.45, 7) is 3.94. The van der Waals surface area contributed by atoms with Crippen LogP contribution >= 0.6 is 11.3 Å². The maximum Gasteiger partial charge on any atom is 0.279 e. The van der Waals surface area contributed by atoms with Crippen LogP contribution in [0.1, 0.15) is 33.5 Å². The van der Waals surface area contributed by atoms with E-state index in [1.54, 1.807) is 24.3 Å². The quantitative estimate of drug-likeness (QED) is 0.752. The third-order valence-electron chi connectivity index (χ3n) is 3.58. The minimum absolute atomic E-state index is 0.174. The molecule has 1 aromatic carbocycles. The Labute approximate surface area is 151 Å². The van der Waals surface area contributed by atoms with E-state index in [1.807, 2.05) is 13.8 Å². The number of nitrogens with one attached hydrogen (secondary N) is 2. The van der Waals surface area contributed by atoms with Gasteiger partial charge in [-0.05, 0) is 37.1 Å². The van der Waals surface area contributed by atoms with Gasteiger partial charge in [-0.15, -0.1) is 11.3 Å². The first kappa shape index (κ1) is 19.1. The van der Waals surface area contributed by atoms with Gasteiger partial charge in [0.15, 0.2) is 9.84 Å². The van der Waals surface area contributed by atoms with E-state index < -0.39 is 21.7 Å². The summed E-state index contributed by atoms with van der Waals surface area (Å²) in [5.74, 6) is -1.29. The Morgan fingerprint density at radius 2 is 1.80 bits per heavy atom. The normalized spacial score (nSPS) is 11.1. The van der Waals surface area contributed by atoms with Gasteiger partial charge in [0.25, 0.3) is 5.91 Å². The summed E-state index contributed by atoms with van der Waals surface area (Å²) in [6, 6.07) is 9.71. The molecule has 0 spiro atoms. The molecule has 2 N–H and O–H groups in total. The van der Waals surface area contributed by atoms with Crippen molar-refractivity contribution >= 4 is 33.0 Å². The molecule has 25 heavy (non-hydrogen) atoms. The number of aryl methyl sites for hydroxylation is 2. The van der Waals surface area contributed by atoms with E-state index in [0.717, 1.165) is 16.9 Å². The molecule has 0 atom stereocenters. The predicted octanol–water partition coefficient (Wildman–Crippen LogP) is 2.24. The highest BCUT2D eigenvalue weighted by molar-refractivity contribution is 7.91. The lowest BCUT2D eigenvalue weighted by Gasteiger charge is -2.07. The summed E-state index contributed by atoms with van der Waals surface area (Å²) in [4.78, 5) is 25.6. The van der Waals surface area contributed by atoms with Crippen molar-refractivity contribution in [3.05, 3.63) is 51.7 Å². The minimum atomic E-state index is -3.52. The Kier molecular flexibility index (Phi) is 6.33. The zero-order valence-corrected chi connectivity index (χ0v) is 15.7. The van der Waals surface area contributed by atoms with Crippen LogP contribution in [0.15, 0.2) is 41.3 Å². The van der Waals surface area contributed by atoms with Crippen LogP contribution in [0.2, 0.25) is 0 Å². The molecule has 0 bridgehead atoms. The van der Waals surface area contributed by atoms with Gasteiger partial charge in [0.2, 0.25) is 5.91 Å². The minimum Gasteiger partial charge on any atom is -0.273 e. The van der Waals surface area contributed by atoms with Gasteiger partial charge < -0.3 is 0 Å². The number of amides is 2. The van der Waals surface area contributed by atoms with Crippen LogP contribution in [0.5, 0.6) is 0 Å². The van der Waals surface area contributed by atoms with Crippen molar-refractivity contribution in [2.24, 2.45) is 0 Å².